The lowest BCUT2D eigenvalue weighted by Crippen LogP contribution is -1.90. The molecule has 1 aromatic rings. The number of aromatic nitrogens is 1. The van der Waals surface area contributed by atoms with Gasteiger partial charge in [-0.2, -0.15) is 5.26 Å². The molecule has 0 fully saturated rings. The first kappa shape index (κ1) is 11.1. The smallest absolute Gasteiger partial charge is 0.100 e. The molecule has 74 valence electrons. The lowest BCUT2D eigenvalue weighted by molar-refractivity contribution is 0.632. The molecule has 0 amide bonds. The van der Waals surface area contributed by atoms with E-state index < -0.39 is 0 Å². The van der Waals surface area contributed by atoms with Gasteiger partial charge < -0.3 is 0 Å². The first-order valence-corrected chi connectivity index (χ1v) is 5.69. The number of hydrogen-bond acceptors (Lipinski definition) is 3. The molecule has 0 spiro atoms. The molecule has 0 aromatic carbocycles. The monoisotopic (exact) mass is 206 g/mol. The zero-order valence-corrected chi connectivity index (χ0v) is 9.34. The van der Waals surface area contributed by atoms with Gasteiger partial charge in [0, 0.05) is 17.3 Å². The van der Waals surface area contributed by atoms with E-state index in [-0.39, 0.29) is 0 Å². The van der Waals surface area contributed by atoms with Gasteiger partial charge in [0.25, 0.3) is 0 Å². The van der Waals surface area contributed by atoms with Gasteiger partial charge in [-0.25, -0.2) is 0 Å². The second kappa shape index (κ2) is 5.66. The molecule has 1 rings (SSSR count). The van der Waals surface area contributed by atoms with Crippen molar-refractivity contribution in [2.45, 2.75) is 25.2 Å². The van der Waals surface area contributed by atoms with E-state index in [4.69, 9.17) is 5.26 Å². The number of rotatable bonds is 4. The molecule has 1 aromatic heterocycles. The summed E-state index contributed by atoms with van der Waals surface area (Å²) in [5, 5.41) is 8.84. The topological polar surface area (TPSA) is 36.7 Å². The minimum absolute atomic E-state index is 0.713. The Morgan fingerprint density at radius 2 is 2.36 bits per heavy atom. The van der Waals surface area contributed by atoms with Crippen LogP contribution in [0.1, 0.15) is 25.8 Å². The number of nitriles is 1. The van der Waals surface area contributed by atoms with E-state index in [0.717, 1.165) is 16.2 Å². The molecule has 0 radical (unpaired) electrons. The van der Waals surface area contributed by atoms with E-state index in [1.54, 1.807) is 30.2 Å². The number of hydrogen-bond donors (Lipinski definition) is 0. The lowest BCUT2D eigenvalue weighted by atomic mass is 10.2. The van der Waals surface area contributed by atoms with Crippen LogP contribution in [0.4, 0.5) is 0 Å². The summed E-state index contributed by atoms with van der Waals surface area (Å²) >= 11 is 1.71. The molecule has 0 atom stereocenters. The molecule has 0 saturated heterocycles. The highest BCUT2D eigenvalue weighted by Crippen LogP contribution is 2.22. The molecule has 0 aliphatic heterocycles. The van der Waals surface area contributed by atoms with E-state index in [9.17, 15) is 0 Å². The molecule has 0 aliphatic carbocycles. The summed E-state index contributed by atoms with van der Waals surface area (Å²) in [6, 6.07) is 3.93. The van der Waals surface area contributed by atoms with Gasteiger partial charge in [-0.05, 0) is 24.2 Å². The van der Waals surface area contributed by atoms with Crippen molar-refractivity contribution < 1.29 is 0 Å². The summed E-state index contributed by atoms with van der Waals surface area (Å²) < 4.78 is 0. The highest BCUT2D eigenvalue weighted by Gasteiger charge is 2.02. The predicted molar refractivity (Wildman–Crippen MR) is 59.1 cm³/mol. The van der Waals surface area contributed by atoms with Crippen LogP contribution in [0.2, 0.25) is 0 Å². The molecule has 2 nitrogen and oxygen atoms in total. The van der Waals surface area contributed by atoms with Gasteiger partial charge in [-0.15, -0.1) is 11.8 Å². The van der Waals surface area contributed by atoms with Crippen LogP contribution in [-0.2, 0) is 0 Å². The van der Waals surface area contributed by atoms with Crippen molar-refractivity contribution >= 4 is 11.8 Å². The van der Waals surface area contributed by atoms with Gasteiger partial charge >= 0.3 is 0 Å². The maximum absolute atomic E-state index is 8.84. The minimum Gasteiger partial charge on any atom is -0.263 e. The van der Waals surface area contributed by atoms with E-state index in [0.29, 0.717) is 5.92 Å². The normalized spacial score (nSPS) is 10.1. The first-order chi connectivity index (χ1) is 6.74. The average Bonchev–Trinajstić information content (AvgIpc) is 2.18. The Hall–Kier alpha value is -1.01. The summed E-state index contributed by atoms with van der Waals surface area (Å²) in [4.78, 5) is 5.02. The van der Waals surface area contributed by atoms with Gasteiger partial charge in [0.05, 0.1) is 5.56 Å². The van der Waals surface area contributed by atoms with Crippen LogP contribution in [0.5, 0.6) is 0 Å². The molecule has 0 N–H and O–H groups in total. The van der Waals surface area contributed by atoms with Crippen molar-refractivity contribution in [3.63, 3.8) is 0 Å². The van der Waals surface area contributed by atoms with Crippen molar-refractivity contribution in [3.8, 4) is 6.07 Å². The Bertz CT molecular complexity index is 328. The van der Waals surface area contributed by atoms with E-state index >= 15 is 0 Å². The van der Waals surface area contributed by atoms with Crippen molar-refractivity contribution in [1.82, 2.24) is 4.98 Å². The van der Waals surface area contributed by atoms with Gasteiger partial charge in [-0.3, -0.25) is 4.98 Å². The van der Waals surface area contributed by atoms with Crippen LogP contribution in [0.15, 0.2) is 23.4 Å². The van der Waals surface area contributed by atoms with Crippen LogP contribution >= 0.6 is 11.8 Å². The summed E-state index contributed by atoms with van der Waals surface area (Å²) in [6.45, 7) is 4.41. The Morgan fingerprint density at radius 1 is 1.57 bits per heavy atom. The lowest BCUT2D eigenvalue weighted by Gasteiger charge is -2.04. The summed E-state index contributed by atoms with van der Waals surface area (Å²) in [7, 11) is 0. The summed E-state index contributed by atoms with van der Waals surface area (Å²) in [6.07, 6.45) is 4.60. The van der Waals surface area contributed by atoms with Gasteiger partial charge in [0.2, 0.25) is 0 Å². The van der Waals surface area contributed by atoms with Crippen LogP contribution < -0.4 is 0 Å². The zero-order chi connectivity index (χ0) is 10.4. The molecule has 14 heavy (non-hydrogen) atoms. The van der Waals surface area contributed by atoms with Crippen LogP contribution in [0.25, 0.3) is 0 Å². The first-order valence-electron chi connectivity index (χ1n) is 4.71. The van der Waals surface area contributed by atoms with Gasteiger partial charge in [-0.1, -0.05) is 13.8 Å². The Morgan fingerprint density at radius 3 is 3.00 bits per heavy atom. The quantitative estimate of drug-likeness (QED) is 0.710. The Balaban J connectivity index is 2.54. The number of pyridine rings is 1. The van der Waals surface area contributed by atoms with Crippen LogP contribution in [0, 0.1) is 17.2 Å². The van der Waals surface area contributed by atoms with Gasteiger partial charge in [0.1, 0.15) is 6.07 Å². The van der Waals surface area contributed by atoms with Crippen molar-refractivity contribution in [2.75, 3.05) is 5.75 Å². The largest absolute Gasteiger partial charge is 0.263 e. The molecule has 0 saturated carbocycles. The zero-order valence-electron chi connectivity index (χ0n) is 8.53. The fraction of sp³-hybridized carbons (Fsp3) is 0.455. The SMILES string of the molecule is CC(C)CCSc1cnccc1C#N. The van der Waals surface area contributed by atoms with E-state index in [1.807, 2.05) is 0 Å². The minimum atomic E-state index is 0.713. The highest BCUT2D eigenvalue weighted by atomic mass is 32.2. The fourth-order valence-corrected chi connectivity index (χ4v) is 2.21. The Kier molecular flexibility index (Phi) is 4.48. The maximum Gasteiger partial charge on any atom is 0.100 e. The molecule has 3 heteroatoms. The van der Waals surface area contributed by atoms with Crippen LogP contribution in [-0.4, -0.2) is 10.7 Å². The maximum atomic E-state index is 8.84. The average molecular weight is 206 g/mol. The molecular weight excluding hydrogens is 192 g/mol. The number of nitrogens with zero attached hydrogens (tertiary/aromatic N) is 2. The summed E-state index contributed by atoms with van der Waals surface area (Å²) in [5.74, 6) is 1.77. The molecule has 0 bridgehead atoms. The molecular formula is C11H14N2S. The van der Waals surface area contributed by atoms with Crippen molar-refractivity contribution in [2.24, 2.45) is 5.92 Å². The fourth-order valence-electron chi connectivity index (χ4n) is 0.992. The Labute approximate surface area is 89.4 Å². The van der Waals surface area contributed by atoms with Gasteiger partial charge in [0.15, 0.2) is 0 Å². The standard InChI is InChI=1S/C11H14N2S/c1-9(2)4-6-14-11-8-13-5-3-10(11)7-12/h3,5,8-9H,4,6H2,1-2H3. The molecule has 0 aliphatic rings. The third-order valence-electron chi connectivity index (χ3n) is 1.86. The third-order valence-corrected chi connectivity index (χ3v) is 2.93. The molecule has 1 heterocycles. The predicted octanol–water partition coefficient (Wildman–Crippen LogP) is 3.09. The highest BCUT2D eigenvalue weighted by molar-refractivity contribution is 7.99. The van der Waals surface area contributed by atoms with Crippen LogP contribution in [0.3, 0.4) is 0 Å². The molecule has 0 unspecified atom stereocenters. The van der Waals surface area contributed by atoms with Crippen molar-refractivity contribution in [3.05, 3.63) is 24.0 Å². The third kappa shape index (κ3) is 3.39. The second-order valence-electron chi connectivity index (χ2n) is 3.51. The number of thioether (sulfide) groups is 1. The summed E-state index contributed by atoms with van der Waals surface area (Å²) in [5.41, 5.74) is 0.730. The second-order valence-corrected chi connectivity index (χ2v) is 4.65. The van der Waals surface area contributed by atoms with E-state index in [2.05, 4.69) is 24.9 Å². The van der Waals surface area contributed by atoms with E-state index in [1.165, 1.54) is 6.42 Å². The van der Waals surface area contributed by atoms with Crippen molar-refractivity contribution in [1.29, 1.82) is 5.26 Å².